The van der Waals surface area contributed by atoms with Gasteiger partial charge in [-0.1, -0.05) is 0 Å². The van der Waals surface area contributed by atoms with Gasteiger partial charge in [0.2, 0.25) is 0 Å². The number of nitrogens with one attached hydrogen (secondary N) is 2. The van der Waals surface area contributed by atoms with E-state index >= 15 is 0 Å². The van der Waals surface area contributed by atoms with Crippen molar-refractivity contribution in [1.29, 1.82) is 0 Å². The van der Waals surface area contributed by atoms with Crippen molar-refractivity contribution in [2.75, 3.05) is 0 Å². The summed E-state index contributed by atoms with van der Waals surface area (Å²) < 4.78 is 0. The zero-order valence-electron chi connectivity index (χ0n) is 5.25. The molecule has 11 heavy (non-hydrogen) atoms. The van der Waals surface area contributed by atoms with Crippen LogP contribution < -0.4 is 11.1 Å². The maximum Gasteiger partial charge on any atom is 0.341 e. The lowest BCUT2D eigenvalue weighted by Crippen LogP contribution is -2.24. The fraction of sp³-hybridized carbons (Fsp3) is 0. The van der Waals surface area contributed by atoms with E-state index in [1.807, 2.05) is 10.2 Å². The number of hydrogen-bond donors (Lipinski definition) is 3. The smallest absolute Gasteiger partial charge is 0.341 e. The summed E-state index contributed by atoms with van der Waals surface area (Å²) in [6.07, 6.45) is 0. The summed E-state index contributed by atoms with van der Waals surface area (Å²) in [6, 6.07) is 0.723. The van der Waals surface area contributed by atoms with Gasteiger partial charge >= 0.3 is 5.97 Å². The molecule has 1 rings (SSSR count). The summed E-state index contributed by atoms with van der Waals surface area (Å²) in [5.41, 5.74) is -2.03. The lowest BCUT2D eigenvalue weighted by molar-refractivity contribution is 0.0694. The second-order valence-electron chi connectivity index (χ2n) is 1.81. The van der Waals surface area contributed by atoms with Crippen LogP contribution in [0.4, 0.5) is 0 Å². The standard InChI is InChI=1S/C5H4N2O4/c8-3-1-2(5(10)11)4(9)7-6-3/h1H,(H,6,8)(H,7,9)(H,10,11). The highest BCUT2D eigenvalue weighted by Gasteiger charge is 2.07. The fourth-order valence-electron chi connectivity index (χ4n) is 0.577. The van der Waals surface area contributed by atoms with Crippen molar-refractivity contribution in [3.05, 3.63) is 32.3 Å². The van der Waals surface area contributed by atoms with Crippen LogP contribution >= 0.6 is 0 Å². The number of aromatic carboxylic acids is 1. The average Bonchev–Trinajstić information content (AvgIpc) is 1.94. The first-order chi connectivity index (χ1) is 5.11. The third-order valence-electron chi connectivity index (χ3n) is 1.05. The SMILES string of the molecule is O=C(O)c1cc(=O)[nH][nH]c1=O. The van der Waals surface area contributed by atoms with Crippen LogP contribution in [0.15, 0.2) is 15.7 Å². The minimum absolute atomic E-state index is 0.561. The monoisotopic (exact) mass is 156 g/mol. The maximum absolute atomic E-state index is 10.6. The number of carboxylic acid groups (broad SMARTS) is 1. The number of carbonyl (C=O) groups is 1. The lowest BCUT2D eigenvalue weighted by Gasteiger charge is -1.88. The first kappa shape index (κ1) is 7.26. The Kier molecular flexibility index (Phi) is 1.59. The molecule has 1 heterocycles. The molecular formula is C5H4N2O4. The Bertz CT molecular complexity index is 388. The summed E-state index contributed by atoms with van der Waals surface area (Å²) in [7, 11) is 0. The van der Waals surface area contributed by atoms with Gasteiger partial charge in [-0.15, -0.1) is 0 Å². The van der Waals surface area contributed by atoms with Gasteiger partial charge in [-0.3, -0.25) is 19.8 Å². The second-order valence-corrected chi connectivity index (χ2v) is 1.81. The molecule has 0 atom stereocenters. The van der Waals surface area contributed by atoms with E-state index in [1.165, 1.54) is 0 Å². The van der Waals surface area contributed by atoms with Gasteiger partial charge in [-0.25, -0.2) is 4.79 Å². The number of hydrogen-bond acceptors (Lipinski definition) is 3. The molecule has 6 nitrogen and oxygen atoms in total. The summed E-state index contributed by atoms with van der Waals surface area (Å²) in [6.45, 7) is 0. The normalized spacial score (nSPS) is 9.45. The Labute approximate surface area is 59.5 Å². The number of rotatable bonds is 1. The summed E-state index contributed by atoms with van der Waals surface area (Å²) in [4.78, 5) is 31.3. The third-order valence-corrected chi connectivity index (χ3v) is 1.05. The molecule has 3 N–H and O–H groups in total. The molecule has 0 spiro atoms. The molecule has 0 saturated heterocycles. The Morgan fingerprint density at radius 2 is 2.00 bits per heavy atom. The van der Waals surface area contributed by atoms with Gasteiger partial charge in [0.05, 0.1) is 0 Å². The highest BCUT2D eigenvalue weighted by atomic mass is 16.4. The van der Waals surface area contributed by atoms with Gasteiger partial charge in [0.25, 0.3) is 11.1 Å². The second kappa shape index (κ2) is 2.41. The average molecular weight is 156 g/mol. The Hall–Kier alpha value is -1.85. The largest absolute Gasteiger partial charge is 0.477 e. The van der Waals surface area contributed by atoms with Crippen molar-refractivity contribution in [2.45, 2.75) is 0 Å². The van der Waals surface area contributed by atoms with Gasteiger partial charge in [0.1, 0.15) is 5.56 Å². The molecule has 0 radical (unpaired) electrons. The van der Waals surface area contributed by atoms with Crippen LogP contribution in [0.3, 0.4) is 0 Å². The first-order valence-corrected chi connectivity index (χ1v) is 2.66. The molecule has 0 unspecified atom stereocenters. The summed E-state index contributed by atoms with van der Waals surface area (Å²) in [5.74, 6) is -1.42. The predicted molar refractivity (Wildman–Crippen MR) is 34.6 cm³/mol. The van der Waals surface area contributed by atoms with E-state index in [9.17, 15) is 14.4 Å². The highest BCUT2D eigenvalue weighted by molar-refractivity contribution is 5.86. The minimum Gasteiger partial charge on any atom is -0.477 e. The summed E-state index contributed by atoms with van der Waals surface area (Å²) >= 11 is 0. The molecule has 1 aromatic rings. The van der Waals surface area contributed by atoms with Crippen molar-refractivity contribution < 1.29 is 9.90 Å². The third kappa shape index (κ3) is 1.34. The van der Waals surface area contributed by atoms with Gasteiger partial charge in [-0.05, 0) is 0 Å². The van der Waals surface area contributed by atoms with Crippen LogP contribution in [-0.4, -0.2) is 21.3 Å². The molecule has 6 heteroatoms. The van der Waals surface area contributed by atoms with Crippen LogP contribution in [0.2, 0.25) is 0 Å². The number of aromatic nitrogens is 2. The van der Waals surface area contributed by atoms with Gasteiger partial charge in [0.15, 0.2) is 0 Å². The molecule has 58 valence electrons. The van der Waals surface area contributed by atoms with E-state index in [0.717, 1.165) is 6.07 Å². The van der Waals surface area contributed by atoms with E-state index in [2.05, 4.69) is 0 Å². The van der Waals surface area contributed by atoms with Gasteiger partial charge < -0.3 is 5.11 Å². The molecular weight excluding hydrogens is 152 g/mol. The summed E-state index contributed by atoms with van der Waals surface area (Å²) in [5, 5.41) is 12.1. The van der Waals surface area contributed by atoms with Crippen molar-refractivity contribution >= 4 is 5.97 Å². The van der Waals surface area contributed by atoms with Crippen molar-refractivity contribution in [1.82, 2.24) is 10.2 Å². The van der Waals surface area contributed by atoms with Gasteiger partial charge in [0, 0.05) is 6.07 Å². The van der Waals surface area contributed by atoms with Crippen LogP contribution in [0.25, 0.3) is 0 Å². The molecule has 0 amide bonds. The van der Waals surface area contributed by atoms with E-state index in [-0.39, 0.29) is 0 Å². The van der Waals surface area contributed by atoms with Crippen LogP contribution in [0.1, 0.15) is 10.4 Å². The van der Waals surface area contributed by atoms with Crippen molar-refractivity contribution in [3.63, 3.8) is 0 Å². The molecule has 0 aliphatic heterocycles. The number of H-pyrrole nitrogens is 2. The Balaban J connectivity index is 3.47. The van der Waals surface area contributed by atoms with Crippen LogP contribution in [0.5, 0.6) is 0 Å². The molecule has 0 aliphatic carbocycles. The Morgan fingerprint density at radius 1 is 1.36 bits per heavy atom. The lowest BCUT2D eigenvalue weighted by atomic mass is 10.3. The van der Waals surface area contributed by atoms with E-state index in [4.69, 9.17) is 5.11 Å². The first-order valence-electron chi connectivity index (χ1n) is 2.66. The maximum atomic E-state index is 10.6. The highest BCUT2D eigenvalue weighted by Crippen LogP contribution is 1.80. The van der Waals surface area contributed by atoms with E-state index in [1.54, 1.807) is 0 Å². The molecule has 0 aromatic carbocycles. The predicted octanol–water partition coefficient (Wildman–Crippen LogP) is -1.24. The number of carboxylic acids is 1. The Morgan fingerprint density at radius 3 is 2.45 bits per heavy atom. The zero-order chi connectivity index (χ0) is 8.43. The minimum atomic E-state index is -1.42. The van der Waals surface area contributed by atoms with E-state index < -0.39 is 22.7 Å². The van der Waals surface area contributed by atoms with E-state index in [0.29, 0.717) is 0 Å². The fourth-order valence-corrected chi connectivity index (χ4v) is 0.577. The van der Waals surface area contributed by atoms with Crippen molar-refractivity contribution in [3.8, 4) is 0 Å². The van der Waals surface area contributed by atoms with Gasteiger partial charge in [-0.2, -0.15) is 0 Å². The van der Waals surface area contributed by atoms with Crippen LogP contribution in [0, 0.1) is 0 Å². The van der Waals surface area contributed by atoms with Crippen molar-refractivity contribution in [2.24, 2.45) is 0 Å². The quantitative estimate of drug-likeness (QED) is 0.473. The molecule has 1 aromatic heterocycles. The zero-order valence-corrected chi connectivity index (χ0v) is 5.25. The molecule has 0 aliphatic rings. The topological polar surface area (TPSA) is 103 Å². The molecule has 0 saturated carbocycles. The molecule has 0 fully saturated rings. The number of aromatic amines is 2. The molecule has 0 bridgehead atoms. The van der Waals surface area contributed by atoms with Crippen LogP contribution in [-0.2, 0) is 0 Å².